The van der Waals surface area contributed by atoms with E-state index >= 15 is 0 Å². The number of hydrogen-bond acceptors (Lipinski definition) is 2. The van der Waals surface area contributed by atoms with Crippen LogP contribution in [0.2, 0.25) is 0 Å². The molecule has 0 bridgehead atoms. The summed E-state index contributed by atoms with van der Waals surface area (Å²) in [7, 11) is 1.71. The van der Waals surface area contributed by atoms with Gasteiger partial charge in [0.1, 0.15) is 5.75 Å². The SMILES string of the molecule is COc1ccc2cccc(CC3(N)CC3C)c2c1. The smallest absolute Gasteiger partial charge is 0.119 e. The Morgan fingerprint density at radius 3 is 2.78 bits per heavy atom. The lowest BCUT2D eigenvalue weighted by Gasteiger charge is -2.13. The highest BCUT2D eigenvalue weighted by molar-refractivity contribution is 5.87. The van der Waals surface area contributed by atoms with Crippen LogP contribution in [0.25, 0.3) is 10.8 Å². The predicted molar refractivity (Wildman–Crippen MR) is 74.9 cm³/mol. The van der Waals surface area contributed by atoms with E-state index in [1.807, 2.05) is 6.07 Å². The van der Waals surface area contributed by atoms with E-state index in [9.17, 15) is 0 Å². The molecule has 2 unspecified atom stereocenters. The fraction of sp³-hybridized carbons (Fsp3) is 0.375. The number of benzene rings is 2. The largest absolute Gasteiger partial charge is 0.497 e. The van der Waals surface area contributed by atoms with E-state index in [2.05, 4.69) is 37.3 Å². The first-order valence-electron chi connectivity index (χ1n) is 6.47. The van der Waals surface area contributed by atoms with Crippen LogP contribution in [0.4, 0.5) is 0 Å². The van der Waals surface area contributed by atoms with Gasteiger partial charge in [0.05, 0.1) is 7.11 Å². The van der Waals surface area contributed by atoms with E-state index in [4.69, 9.17) is 10.5 Å². The maximum absolute atomic E-state index is 6.35. The van der Waals surface area contributed by atoms with Gasteiger partial charge < -0.3 is 10.5 Å². The normalized spacial score (nSPS) is 26.3. The van der Waals surface area contributed by atoms with Gasteiger partial charge in [-0.3, -0.25) is 0 Å². The third kappa shape index (κ3) is 1.87. The Bertz CT molecular complexity index is 593. The third-order valence-electron chi connectivity index (χ3n) is 4.21. The topological polar surface area (TPSA) is 35.2 Å². The van der Waals surface area contributed by atoms with Crippen molar-refractivity contribution >= 4 is 10.8 Å². The molecule has 2 aromatic rings. The number of ether oxygens (including phenoxy) is 1. The van der Waals surface area contributed by atoms with E-state index < -0.39 is 0 Å². The summed E-state index contributed by atoms with van der Waals surface area (Å²) >= 11 is 0. The average Bonchev–Trinajstić information content (AvgIpc) is 2.96. The summed E-state index contributed by atoms with van der Waals surface area (Å²) < 4.78 is 5.31. The summed E-state index contributed by atoms with van der Waals surface area (Å²) in [5, 5.41) is 2.52. The fourth-order valence-electron chi connectivity index (χ4n) is 2.71. The van der Waals surface area contributed by atoms with Gasteiger partial charge >= 0.3 is 0 Å². The molecule has 94 valence electrons. The van der Waals surface area contributed by atoms with Crippen molar-refractivity contribution in [2.24, 2.45) is 11.7 Å². The molecule has 0 aromatic heterocycles. The minimum atomic E-state index is 0.0113. The Labute approximate surface area is 108 Å². The second kappa shape index (κ2) is 3.99. The number of fused-ring (bicyclic) bond motifs is 1. The second-order valence-corrected chi connectivity index (χ2v) is 5.52. The molecule has 0 aliphatic heterocycles. The van der Waals surface area contributed by atoms with Crippen LogP contribution in [0.15, 0.2) is 36.4 Å². The van der Waals surface area contributed by atoms with Crippen molar-refractivity contribution in [1.82, 2.24) is 0 Å². The Morgan fingerprint density at radius 2 is 2.11 bits per heavy atom. The van der Waals surface area contributed by atoms with Crippen LogP contribution in [0, 0.1) is 5.92 Å². The summed E-state index contributed by atoms with van der Waals surface area (Å²) in [4.78, 5) is 0. The average molecular weight is 241 g/mol. The molecule has 0 saturated heterocycles. The summed E-state index contributed by atoms with van der Waals surface area (Å²) in [6, 6.07) is 12.7. The molecule has 2 nitrogen and oxygen atoms in total. The van der Waals surface area contributed by atoms with Crippen LogP contribution in [-0.4, -0.2) is 12.6 Å². The molecular formula is C16H19NO. The molecule has 2 atom stereocenters. The van der Waals surface area contributed by atoms with Gasteiger partial charge in [-0.15, -0.1) is 0 Å². The Morgan fingerprint density at radius 1 is 1.33 bits per heavy atom. The summed E-state index contributed by atoms with van der Waals surface area (Å²) in [5.74, 6) is 1.54. The molecule has 1 aliphatic carbocycles. The number of methoxy groups -OCH3 is 1. The minimum absolute atomic E-state index is 0.0113. The van der Waals surface area contributed by atoms with Crippen molar-refractivity contribution in [3.05, 3.63) is 42.0 Å². The Balaban J connectivity index is 2.05. The van der Waals surface area contributed by atoms with Crippen LogP contribution in [0.1, 0.15) is 18.9 Å². The lowest BCUT2D eigenvalue weighted by molar-refractivity contribution is 0.415. The molecule has 0 radical (unpaired) electrons. The maximum Gasteiger partial charge on any atom is 0.119 e. The number of rotatable bonds is 3. The van der Waals surface area contributed by atoms with Gasteiger partial charge in [-0.25, -0.2) is 0 Å². The molecule has 0 amide bonds. The van der Waals surface area contributed by atoms with Gasteiger partial charge in [-0.2, -0.15) is 0 Å². The molecule has 2 heteroatoms. The molecule has 2 aromatic carbocycles. The van der Waals surface area contributed by atoms with Gasteiger partial charge in [0.15, 0.2) is 0 Å². The van der Waals surface area contributed by atoms with E-state index in [-0.39, 0.29) is 5.54 Å². The van der Waals surface area contributed by atoms with Crippen molar-refractivity contribution in [3.8, 4) is 5.75 Å². The molecule has 1 saturated carbocycles. The highest BCUT2D eigenvalue weighted by Gasteiger charge is 2.47. The van der Waals surface area contributed by atoms with Crippen molar-refractivity contribution < 1.29 is 4.74 Å². The van der Waals surface area contributed by atoms with Crippen molar-refractivity contribution in [3.63, 3.8) is 0 Å². The second-order valence-electron chi connectivity index (χ2n) is 5.52. The lowest BCUT2D eigenvalue weighted by Crippen LogP contribution is -2.27. The highest BCUT2D eigenvalue weighted by atomic mass is 16.5. The van der Waals surface area contributed by atoms with Gasteiger partial charge in [0.2, 0.25) is 0 Å². The Kier molecular flexibility index (Phi) is 2.56. The van der Waals surface area contributed by atoms with Crippen LogP contribution < -0.4 is 10.5 Å². The Hall–Kier alpha value is -1.54. The first-order valence-corrected chi connectivity index (χ1v) is 6.47. The van der Waals surface area contributed by atoms with E-state index in [1.165, 1.54) is 16.3 Å². The molecule has 0 spiro atoms. The zero-order valence-corrected chi connectivity index (χ0v) is 10.9. The number of nitrogens with two attached hydrogens (primary N) is 1. The van der Waals surface area contributed by atoms with E-state index in [1.54, 1.807) is 7.11 Å². The molecule has 2 N–H and O–H groups in total. The quantitative estimate of drug-likeness (QED) is 0.896. The van der Waals surface area contributed by atoms with Gasteiger partial charge in [-0.05, 0) is 47.2 Å². The van der Waals surface area contributed by atoms with E-state index in [0.717, 1.165) is 18.6 Å². The van der Waals surface area contributed by atoms with Crippen molar-refractivity contribution in [1.29, 1.82) is 0 Å². The first kappa shape index (κ1) is 11.5. The van der Waals surface area contributed by atoms with Gasteiger partial charge in [0, 0.05) is 5.54 Å². The zero-order valence-electron chi connectivity index (χ0n) is 10.9. The monoisotopic (exact) mass is 241 g/mol. The molecule has 18 heavy (non-hydrogen) atoms. The van der Waals surface area contributed by atoms with Gasteiger partial charge in [-0.1, -0.05) is 31.2 Å². The summed E-state index contributed by atoms with van der Waals surface area (Å²) in [6.07, 6.45) is 2.09. The van der Waals surface area contributed by atoms with Crippen molar-refractivity contribution in [2.75, 3.05) is 7.11 Å². The maximum atomic E-state index is 6.35. The van der Waals surface area contributed by atoms with Crippen molar-refractivity contribution in [2.45, 2.75) is 25.3 Å². The molecule has 1 fully saturated rings. The molecule has 1 aliphatic rings. The van der Waals surface area contributed by atoms with Gasteiger partial charge in [0.25, 0.3) is 0 Å². The number of hydrogen-bond donors (Lipinski definition) is 1. The molecule has 0 heterocycles. The van der Waals surface area contributed by atoms with Crippen LogP contribution >= 0.6 is 0 Å². The third-order valence-corrected chi connectivity index (χ3v) is 4.21. The van der Waals surface area contributed by atoms with E-state index in [0.29, 0.717) is 5.92 Å². The van der Waals surface area contributed by atoms with Crippen LogP contribution in [0.5, 0.6) is 5.75 Å². The van der Waals surface area contributed by atoms with Crippen LogP contribution in [0.3, 0.4) is 0 Å². The summed E-state index contributed by atoms with van der Waals surface area (Å²) in [6.45, 7) is 2.23. The molecule has 3 rings (SSSR count). The fourth-order valence-corrected chi connectivity index (χ4v) is 2.71. The highest BCUT2D eigenvalue weighted by Crippen LogP contribution is 2.43. The standard InChI is InChI=1S/C16H19NO/c1-11-9-16(11,17)10-13-5-3-4-12-6-7-14(18-2)8-15(12)13/h3-8,11H,9-10,17H2,1-2H3. The minimum Gasteiger partial charge on any atom is -0.497 e. The molecular weight excluding hydrogens is 222 g/mol. The predicted octanol–water partition coefficient (Wildman–Crippen LogP) is 3.13. The zero-order chi connectivity index (χ0) is 12.8. The summed E-state index contributed by atoms with van der Waals surface area (Å²) in [5.41, 5.74) is 7.70. The first-order chi connectivity index (χ1) is 8.62. The van der Waals surface area contributed by atoms with Crippen LogP contribution in [-0.2, 0) is 6.42 Å². The lowest BCUT2D eigenvalue weighted by atomic mass is 9.97.